The minimum absolute atomic E-state index is 0.133. The number of nitrogens with zero attached hydrogens (tertiary/aromatic N) is 5. The summed E-state index contributed by atoms with van der Waals surface area (Å²) in [6.45, 7) is -0.437. The normalized spacial score (nSPS) is 22.8. The Morgan fingerprint density at radius 1 is 1.03 bits per heavy atom. The quantitative estimate of drug-likeness (QED) is 0.413. The summed E-state index contributed by atoms with van der Waals surface area (Å²) in [6, 6.07) is 10.5. The second kappa shape index (κ2) is 8.87. The van der Waals surface area contributed by atoms with Crippen LogP contribution in [0.1, 0.15) is 61.6 Å². The average molecular weight is 513 g/mol. The first-order valence-electron chi connectivity index (χ1n) is 13.3. The fraction of sp³-hybridized carbons (Fsp3) is 0.379. The van der Waals surface area contributed by atoms with Crippen molar-refractivity contribution in [1.82, 2.24) is 24.5 Å². The van der Waals surface area contributed by atoms with Crippen LogP contribution in [0.2, 0.25) is 0 Å². The second-order valence-corrected chi connectivity index (χ2v) is 10.8. The summed E-state index contributed by atoms with van der Waals surface area (Å²) in [6.07, 6.45) is 9.33. The van der Waals surface area contributed by atoms with Crippen LogP contribution in [0.15, 0.2) is 48.8 Å². The molecule has 194 valence electrons. The van der Waals surface area contributed by atoms with Gasteiger partial charge in [-0.3, -0.25) is 9.78 Å². The van der Waals surface area contributed by atoms with Crippen molar-refractivity contribution < 1.29 is 14.3 Å². The van der Waals surface area contributed by atoms with E-state index in [1.165, 1.54) is 12.1 Å². The van der Waals surface area contributed by atoms with Crippen molar-refractivity contribution >= 4 is 17.4 Å². The van der Waals surface area contributed by atoms with Crippen molar-refractivity contribution in [1.29, 1.82) is 0 Å². The predicted octanol–water partition coefficient (Wildman–Crippen LogP) is 4.29. The highest BCUT2D eigenvalue weighted by Gasteiger charge is 2.45. The van der Waals surface area contributed by atoms with Crippen LogP contribution < -0.4 is 5.73 Å². The van der Waals surface area contributed by atoms with E-state index in [2.05, 4.69) is 10.1 Å². The smallest absolute Gasteiger partial charge is 0.248 e. The Balaban J connectivity index is 1.28. The van der Waals surface area contributed by atoms with Crippen LogP contribution >= 0.6 is 0 Å². The molecule has 1 amide bonds. The monoisotopic (exact) mass is 512 g/mol. The Bertz CT molecular complexity index is 1530. The number of aliphatic hydroxyl groups is 1. The highest BCUT2D eigenvalue weighted by Crippen LogP contribution is 2.50. The number of aliphatic hydroxyl groups excluding tert-OH is 1. The molecule has 0 radical (unpaired) electrons. The minimum atomic E-state index is -0.437. The number of fused-ring (bicyclic) bond motifs is 3. The van der Waals surface area contributed by atoms with Crippen LogP contribution in [0.4, 0.5) is 10.2 Å². The van der Waals surface area contributed by atoms with Crippen LogP contribution in [0.25, 0.3) is 28.0 Å². The van der Waals surface area contributed by atoms with Crippen molar-refractivity contribution in [2.75, 3.05) is 12.3 Å². The Morgan fingerprint density at radius 3 is 2.47 bits per heavy atom. The van der Waals surface area contributed by atoms with Crippen LogP contribution in [-0.2, 0) is 4.79 Å². The molecule has 3 atom stereocenters. The number of pyridine rings is 1. The molecule has 1 saturated carbocycles. The number of hydrogen-bond donors (Lipinski definition) is 2. The lowest BCUT2D eigenvalue weighted by Crippen LogP contribution is -2.47. The van der Waals surface area contributed by atoms with Crippen molar-refractivity contribution in [3.05, 3.63) is 65.9 Å². The number of benzene rings is 1. The second-order valence-electron chi connectivity index (χ2n) is 10.8. The molecule has 8 nitrogen and oxygen atoms in total. The van der Waals surface area contributed by atoms with Gasteiger partial charge in [0.1, 0.15) is 18.2 Å². The summed E-state index contributed by atoms with van der Waals surface area (Å²) in [5.74, 6) is 0.776. The third kappa shape index (κ3) is 3.75. The van der Waals surface area contributed by atoms with E-state index < -0.39 is 6.61 Å². The van der Waals surface area contributed by atoms with Gasteiger partial charge in [0.05, 0.1) is 17.6 Å². The van der Waals surface area contributed by atoms with Crippen LogP contribution in [-0.4, -0.2) is 54.2 Å². The number of carbonyl (C=O) groups excluding carboxylic acids is 1. The number of amides is 1. The van der Waals surface area contributed by atoms with E-state index in [-0.39, 0.29) is 29.7 Å². The molecule has 3 N–H and O–H groups in total. The lowest BCUT2D eigenvalue weighted by molar-refractivity contribution is -0.138. The number of hydrogen-bond acceptors (Lipinski definition) is 6. The van der Waals surface area contributed by atoms with Gasteiger partial charge in [-0.1, -0.05) is 18.2 Å². The van der Waals surface area contributed by atoms with Crippen molar-refractivity contribution in [3.8, 4) is 22.4 Å². The molecule has 2 bridgehead atoms. The third-order valence-electron chi connectivity index (χ3n) is 8.47. The lowest BCUT2D eigenvalue weighted by atomic mass is 9.85. The highest BCUT2D eigenvalue weighted by molar-refractivity contribution is 5.80. The molecule has 9 heteroatoms. The third-order valence-corrected chi connectivity index (χ3v) is 8.47. The molecule has 2 saturated heterocycles. The average Bonchev–Trinajstić information content (AvgIpc) is 3.62. The summed E-state index contributed by atoms with van der Waals surface area (Å²) in [7, 11) is 0. The van der Waals surface area contributed by atoms with Gasteiger partial charge in [-0.15, -0.1) is 0 Å². The largest absolute Gasteiger partial charge is 0.387 e. The van der Waals surface area contributed by atoms with E-state index in [0.717, 1.165) is 66.5 Å². The molecule has 38 heavy (non-hydrogen) atoms. The lowest BCUT2D eigenvalue weighted by Gasteiger charge is -2.39. The summed E-state index contributed by atoms with van der Waals surface area (Å²) in [5.41, 5.74) is 12.7. The maximum Gasteiger partial charge on any atom is 0.248 e. The molecule has 3 fully saturated rings. The number of carbonyl (C=O) groups is 1. The molecular formula is C29H29FN6O2. The summed E-state index contributed by atoms with van der Waals surface area (Å²) < 4.78 is 15.4. The molecule has 7 rings (SSSR count). The summed E-state index contributed by atoms with van der Waals surface area (Å²) in [5, 5.41) is 14.1. The first-order chi connectivity index (χ1) is 18.5. The first-order valence-corrected chi connectivity index (χ1v) is 13.3. The molecule has 1 unspecified atom stereocenters. The Morgan fingerprint density at radius 2 is 1.82 bits per heavy atom. The van der Waals surface area contributed by atoms with Gasteiger partial charge in [0.15, 0.2) is 5.65 Å². The number of piperidine rings is 1. The summed E-state index contributed by atoms with van der Waals surface area (Å²) in [4.78, 5) is 24.1. The fourth-order valence-electron chi connectivity index (χ4n) is 6.61. The number of nitrogens with two attached hydrogens (primary N) is 1. The number of nitrogen functional groups attached to an aromatic ring is 1. The Labute approximate surface area is 219 Å². The standard InChI is InChI=1S/C29H29FN6O2/c30-20-3-1-2-17(10-20)24-9-6-18(13-32-24)23-14-33-36-28(31)26(16-4-5-16)27(34-29(23)36)19-11-21-7-8-22(12-19)35(21)25(38)15-37/h1-3,6,9-10,13-14,16,19,21-22,37H,4-5,7-8,11-12,15,31H2/t19?,21-,22+. The number of aromatic nitrogens is 4. The molecule has 1 aliphatic carbocycles. The maximum absolute atomic E-state index is 13.7. The van der Waals surface area contributed by atoms with Crippen molar-refractivity contribution in [2.24, 2.45) is 0 Å². The van der Waals surface area contributed by atoms with Gasteiger partial charge in [0.2, 0.25) is 5.91 Å². The molecule has 4 aromatic rings. The molecule has 1 aromatic carbocycles. The van der Waals surface area contributed by atoms with Gasteiger partial charge < -0.3 is 15.7 Å². The molecule has 3 aromatic heterocycles. The number of rotatable bonds is 5. The van der Waals surface area contributed by atoms with Gasteiger partial charge in [-0.25, -0.2) is 9.37 Å². The van der Waals surface area contributed by atoms with E-state index in [4.69, 9.17) is 10.7 Å². The van der Waals surface area contributed by atoms with E-state index in [9.17, 15) is 14.3 Å². The number of halogens is 1. The Kier molecular flexibility index (Phi) is 5.43. The van der Waals surface area contributed by atoms with E-state index in [1.54, 1.807) is 23.0 Å². The van der Waals surface area contributed by atoms with Crippen LogP contribution in [0.5, 0.6) is 0 Å². The van der Waals surface area contributed by atoms with Gasteiger partial charge in [0.25, 0.3) is 0 Å². The SMILES string of the molecule is Nc1c(C2CC2)c(C2C[C@H]3CC[C@@H](C2)N3C(=O)CO)nc2c(-c3ccc(-c4cccc(F)c4)nc3)cnn12. The fourth-order valence-corrected chi connectivity index (χ4v) is 6.61. The zero-order valence-corrected chi connectivity index (χ0v) is 20.9. The molecular weight excluding hydrogens is 483 g/mol. The topological polar surface area (TPSA) is 110 Å². The molecule has 0 spiro atoms. The molecule has 5 heterocycles. The predicted molar refractivity (Wildman–Crippen MR) is 141 cm³/mol. The zero-order valence-electron chi connectivity index (χ0n) is 20.9. The van der Waals surface area contributed by atoms with E-state index in [0.29, 0.717) is 23.1 Å². The van der Waals surface area contributed by atoms with Gasteiger partial charge in [-0.05, 0) is 62.6 Å². The maximum atomic E-state index is 13.7. The van der Waals surface area contributed by atoms with Gasteiger partial charge >= 0.3 is 0 Å². The molecule has 2 aliphatic heterocycles. The molecule has 3 aliphatic rings. The van der Waals surface area contributed by atoms with Gasteiger partial charge in [-0.2, -0.15) is 9.61 Å². The van der Waals surface area contributed by atoms with E-state index in [1.807, 2.05) is 23.1 Å². The number of anilines is 1. The van der Waals surface area contributed by atoms with Crippen molar-refractivity contribution in [2.45, 2.75) is 62.4 Å². The van der Waals surface area contributed by atoms with Crippen LogP contribution in [0, 0.1) is 5.82 Å². The summed E-state index contributed by atoms with van der Waals surface area (Å²) >= 11 is 0. The highest BCUT2D eigenvalue weighted by atomic mass is 19.1. The first kappa shape index (κ1) is 23.3. The van der Waals surface area contributed by atoms with Crippen molar-refractivity contribution in [3.63, 3.8) is 0 Å². The zero-order chi connectivity index (χ0) is 26.0. The van der Waals surface area contributed by atoms with E-state index >= 15 is 0 Å². The van der Waals surface area contributed by atoms with Gasteiger partial charge in [0, 0.05) is 46.5 Å². The Hall–Kier alpha value is -3.85. The van der Waals surface area contributed by atoms with Crippen LogP contribution in [0.3, 0.4) is 0 Å². The minimum Gasteiger partial charge on any atom is -0.387 e.